The number of carbonyl (C=O) groups is 2. The van der Waals surface area contributed by atoms with Gasteiger partial charge in [-0.05, 0) is 48.2 Å². The van der Waals surface area contributed by atoms with E-state index in [1.54, 1.807) is 42.3 Å². The van der Waals surface area contributed by atoms with E-state index >= 15 is 0 Å². The van der Waals surface area contributed by atoms with Crippen molar-refractivity contribution in [2.75, 3.05) is 43.7 Å². The van der Waals surface area contributed by atoms with Crippen molar-refractivity contribution in [3.63, 3.8) is 0 Å². The molecule has 1 unspecified atom stereocenters. The van der Waals surface area contributed by atoms with Crippen molar-refractivity contribution >= 4 is 50.8 Å². The van der Waals surface area contributed by atoms with Crippen LogP contribution in [0.15, 0.2) is 42.5 Å². The standard InChI is InChI=1S/C23H27Cl2N3O5S/c1-27(22(29)13-16-6-7-19(24)20(25)12-16)10-11-28-9-8-17(14-28)18-4-2-3-5-21(18)26-34(32,33)15-23(30)31/h2-7,12,17,26H,8-11,13-15H2,1H3,(H,30,31). The van der Waals surface area contributed by atoms with Gasteiger partial charge in [-0.3, -0.25) is 14.3 Å². The number of halogens is 2. The smallest absolute Gasteiger partial charge is 0.320 e. The minimum absolute atomic E-state index is 0.0210. The molecule has 2 N–H and O–H groups in total. The van der Waals surface area contributed by atoms with Gasteiger partial charge in [-0.2, -0.15) is 0 Å². The summed E-state index contributed by atoms with van der Waals surface area (Å²) in [7, 11) is -2.22. The molecule has 1 heterocycles. The number of nitrogens with zero attached hydrogens (tertiary/aromatic N) is 2. The Kier molecular flexibility index (Phi) is 8.81. The largest absolute Gasteiger partial charge is 0.480 e. The van der Waals surface area contributed by atoms with Gasteiger partial charge in [0, 0.05) is 26.7 Å². The number of hydrogen-bond donors (Lipinski definition) is 2. The molecule has 0 aromatic heterocycles. The van der Waals surface area contributed by atoms with Crippen molar-refractivity contribution in [2.24, 2.45) is 0 Å². The number of anilines is 1. The summed E-state index contributed by atoms with van der Waals surface area (Å²) in [5.41, 5.74) is 2.04. The Morgan fingerprint density at radius 3 is 2.62 bits per heavy atom. The van der Waals surface area contributed by atoms with Gasteiger partial charge in [0.1, 0.15) is 0 Å². The van der Waals surface area contributed by atoms with E-state index in [9.17, 15) is 18.0 Å². The molecular weight excluding hydrogens is 501 g/mol. The SMILES string of the molecule is CN(CCN1CCC(c2ccccc2NS(=O)(=O)CC(=O)O)C1)C(=O)Cc1ccc(Cl)c(Cl)c1. The summed E-state index contributed by atoms with van der Waals surface area (Å²) in [6.07, 6.45) is 1.07. The van der Waals surface area contributed by atoms with Crippen LogP contribution in [0.2, 0.25) is 10.0 Å². The molecule has 1 fully saturated rings. The van der Waals surface area contributed by atoms with Crippen molar-refractivity contribution in [1.29, 1.82) is 0 Å². The lowest BCUT2D eigenvalue weighted by Crippen LogP contribution is -2.36. The number of aliphatic carboxylic acids is 1. The van der Waals surface area contributed by atoms with Crippen LogP contribution in [0, 0.1) is 0 Å². The molecule has 3 rings (SSSR count). The molecule has 1 aliphatic rings. The Labute approximate surface area is 209 Å². The van der Waals surface area contributed by atoms with E-state index in [0.717, 1.165) is 24.1 Å². The zero-order valence-electron chi connectivity index (χ0n) is 18.7. The Hall–Kier alpha value is -2.33. The minimum Gasteiger partial charge on any atom is -0.480 e. The van der Waals surface area contributed by atoms with Crippen molar-refractivity contribution in [3.05, 3.63) is 63.6 Å². The highest BCUT2D eigenvalue weighted by molar-refractivity contribution is 7.93. The first kappa shape index (κ1) is 26.3. The molecule has 0 bridgehead atoms. The highest BCUT2D eigenvalue weighted by Crippen LogP contribution is 2.32. The normalized spacial score (nSPS) is 16.4. The maximum atomic E-state index is 12.6. The number of carboxylic acid groups (broad SMARTS) is 1. The van der Waals surface area contributed by atoms with Gasteiger partial charge in [-0.1, -0.05) is 47.5 Å². The predicted molar refractivity (Wildman–Crippen MR) is 133 cm³/mol. The van der Waals surface area contributed by atoms with Crippen LogP contribution < -0.4 is 4.72 Å². The van der Waals surface area contributed by atoms with E-state index in [1.165, 1.54) is 0 Å². The van der Waals surface area contributed by atoms with Gasteiger partial charge in [0.2, 0.25) is 15.9 Å². The van der Waals surface area contributed by atoms with Crippen LogP contribution in [0.4, 0.5) is 5.69 Å². The van der Waals surface area contributed by atoms with Crippen LogP contribution >= 0.6 is 23.2 Å². The molecule has 1 saturated heterocycles. The number of likely N-dealkylation sites (tertiary alicyclic amines) is 1. The molecular formula is C23H27Cl2N3O5S. The number of amides is 1. The monoisotopic (exact) mass is 527 g/mol. The molecule has 11 heteroatoms. The van der Waals surface area contributed by atoms with Crippen LogP contribution in [0.3, 0.4) is 0 Å². The van der Waals surface area contributed by atoms with Gasteiger partial charge in [-0.25, -0.2) is 8.42 Å². The average Bonchev–Trinajstić information content (AvgIpc) is 3.22. The quantitative estimate of drug-likeness (QED) is 0.490. The molecule has 184 valence electrons. The molecule has 2 aromatic carbocycles. The molecule has 8 nitrogen and oxygen atoms in total. The summed E-state index contributed by atoms with van der Waals surface area (Å²) in [5, 5.41) is 9.70. The Bertz CT molecular complexity index is 1160. The molecule has 34 heavy (non-hydrogen) atoms. The van der Waals surface area contributed by atoms with Gasteiger partial charge >= 0.3 is 5.97 Å². The van der Waals surface area contributed by atoms with Crippen LogP contribution in [-0.4, -0.2) is 74.2 Å². The molecule has 0 spiro atoms. The summed E-state index contributed by atoms with van der Waals surface area (Å²) >= 11 is 12.0. The van der Waals surface area contributed by atoms with Crippen molar-refractivity contribution in [3.8, 4) is 0 Å². The fourth-order valence-corrected chi connectivity index (χ4v) is 5.22. The molecule has 1 aliphatic heterocycles. The fraction of sp³-hybridized carbons (Fsp3) is 0.391. The van der Waals surface area contributed by atoms with Crippen LogP contribution in [0.25, 0.3) is 0 Å². The summed E-state index contributed by atoms with van der Waals surface area (Å²) in [6, 6.07) is 12.2. The topological polar surface area (TPSA) is 107 Å². The zero-order valence-corrected chi connectivity index (χ0v) is 21.0. The summed E-state index contributed by atoms with van der Waals surface area (Å²) in [5.74, 6) is -2.32. The summed E-state index contributed by atoms with van der Waals surface area (Å²) in [4.78, 5) is 27.3. The molecule has 1 atom stereocenters. The second-order valence-corrected chi connectivity index (χ2v) is 10.9. The van der Waals surface area contributed by atoms with E-state index in [4.69, 9.17) is 28.3 Å². The van der Waals surface area contributed by atoms with Crippen LogP contribution in [-0.2, 0) is 26.0 Å². The molecule has 0 aliphatic carbocycles. The van der Waals surface area contributed by atoms with E-state index in [0.29, 0.717) is 35.4 Å². The third-order valence-electron chi connectivity index (χ3n) is 5.77. The zero-order chi connectivity index (χ0) is 24.9. The maximum absolute atomic E-state index is 12.6. The third kappa shape index (κ3) is 7.33. The number of nitrogens with one attached hydrogen (secondary N) is 1. The fourth-order valence-electron chi connectivity index (χ4n) is 3.98. The number of carbonyl (C=O) groups excluding carboxylic acids is 1. The van der Waals surface area contributed by atoms with E-state index < -0.39 is 21.7 Å². The highest BCUT2D eigenvalue weighted by atomic mass is 35.5. The Balaban J connectivity index is 1.54. The maximum Gasteiger partial charge on any atom is 0.320 e. The Morgan fingerprint density at radius 2 is 1.91 bits per heavy atom. The van der Waals surface area contributed by atoms with Crippen molar-refractivity contribution < 1.29 is 23.1 Å². The number of carboxylic acids is 1. The first-order valence-corrected chi connectivity index (χ1v) is 13.2. The second-order valence-electron chi connectivity index (χ2n) is 8.37. The van der Waals surface area contributed by atoms with Crippen LogP contribution in [0.5, 0.6) is 0 Å². The number of para-hydroxylation sites is 1. The number of benzene rings is 2. The number of hydrogen-bond acceptors (Lipinski definition) is 5. The lowest BCUT2D eigenvalue weighted by molar-refractivity contribution is -0.134. The van der Waals surface area contributed by atoms with Gasteiger partial charge in [0.15, 0.2) is 5.75 Å². The average molecular weight is 528 g/mol. The second kappa shape index (κ2) is 11.4. The predicted octanol–water partition coefficient (Wildman–Crippen LogP) is 3.31. The van der Waals surface area contributed by atoms with Gasteiger partial charge in [0.25, 0.3) is 0 Å². The summed E-state index contributed by atoms with van der Waals surface area (Å²) in [6.45, 7) is 2.77. The molecule has 1 amide bonds. The summed E-state index contributed by atoms with van der Waals surface area (Å²) < 4.78 is 26.6. The number of rotatable bonds is 10. The first-order valence-electron chi connectivity index (χ1n) is 10.8. The van der Waals surface area contributed by atoms with E-state index in [1.807, 2.05) is 12.1 Å². The Morgan fingerprint density at radius 1 is 1.18 bits per heavy atom. The minimum atomic E-state index is -3.98. The lowest BCUT2D eigenvalue weighted by atomic mass is 9.97. The van der Waals surface area contributed by atoms with E-state index in [2.05, 4.69) is 9.62 Å². The van der Waals surface area contributed by atoms with Crippen molar-refractivity contribution in [1.82, 2.24) is 9.80 Å². The van der Waals surface area contributed by atoms with Gasteiger partial charge < -0.3 is 14.9 Å². The van der Waals surface area contributed by atoms with Gasteiger partial charge in [-0.15, -0.1) is 0 Å². The lowest BCUT2D eigenvalue weighted by Gasteiger charge is -2.22. The van der Waals surface area contributed by atoms with Crippen LogP contribution in [0.1, 0.15) is 23.5 Å². The molecule has 2 aromatic rings. The number of likely N-dealkylation sites (N-methyl/N-ethyl adjacent to an activating group) is 1. The highest BCUT2D eigenvalue weighted by Gasteiger charge is 2.27. The molecule has 0 saturated carbocycles. The van der Waals surface area contributed by atoms with Crippen molar-refractivity contribution in [2.45, 2.75) is 18.8 Å². The first-order chi connectivity index (χ1) is 16.0. The van der Waals surface area contributed by atoms with Gasteiger partial charge in [0.05, 0.1) is 22.2 Å². The molecule has 0 radical (unpaired) electrons. The van der Waals surface area contributed by atoms with E-state index in [-0.39, 0.29) is 18.2 Å². The number of sulfonamides is 1. The third-order valence-corrected chi connectivity index (χ3v) is 7.67.